The maximum absolute atomic E-state index is 13.0. The Bertz CT molecular complexity index is 821. The van der Waals surface area contributed by atoms with Crippen LogP contribution in [0.5, 0.6) is 11.5 Å². The number of halogens is 1. The Morgan fingerprint density at radius 2 is 1.85 bits per heavy atom. The molecular weight excluding hydrogens is 362 g/mol. The second-order valence-electron chi connectivity index (χ2n) is 6.77. The van der Waals surface area contributed by atoms with Crippen LogP contribution in [0.4, 0.5) is 0 Å². The molecule has 1 aliphatic rings. The Morgan fingerprint density at radius 3 is 2.52 bits per heavy atom. The van der Waals surface area contributed by atoms with Crippen molar-refractivity contribution in [2.24, 2.45) is 0 Å². The van der Waals surface area contributed by atoms with E-state index in [9.17, 15) is 4.79 Å². The number of nitrogens with zero attached hydrogens (tertiary/aromatic N) is 1. The zero-order valence-corrected chi connectivity index (χ0v) is 16.9. The van der Waals surface area contributed by atoms with Crippen LogP contribution in [0.3, 0.4) is 0 Å². The number of amides is 1. The van der Waals surface area contributed by atoms with E-state index in [4.69, 9.17) is 21.1 Å². The first kappa shape index (κ1) is 19.6. The lowest BCUT2D eigenvalue weighted by atomic mass is 9.87. The average molecular weight is 388 g/mol. The fourth-order valence-electron chi connectivity index (χ4n) is 3.72. The maximum Gasteiger partial charge on any atom is 0.223 e. The molecule has 1 aliphatic heterocycles. The molecule has 0 saturated heterocycles. The van der Waals surface area contributed by atoms with E-state index in [1.54, 1.807) is 14.2 Å². The number of carbonyl (C=O) groups excluding carboxylic acids is 1. The lowest BCUT2D eigenvalue weighted by Crippen LogP contribution is -2.40. The van der Waals surface area contributed by atoms with E-state index in [1.807, 2.05) is 41.3 Å². The van der Waals surface area contributed by atoms with Gasteiger partial charge in [-0.05, 0) is 47.7 Å². The highest BCUT2D eigenvalue weighted by Crippen LogP contribution is 2.42. The molecule has 5 heteroatoms. The van der Waals surface area contributed by atoms with E-state index in [0.29, 0.717) is 29.5 Å². The predicted octanol–water partition coefficient (Wildman–Crippen LogP) is 5.02. The SMILES string of the molecule is CCCCC(=O)N1CCc2cc(OC)c(OC)cc2[C@H]1c1ccccc1Cl. The van der Waals surface area contributed by atoms with Crippen LogP contribution in [0.15, 0.2) is 36.4 Å². The van der Waals surface area contributed by atoms with Crippen LogP contribution in [0.25, 0.3) is 0 Å². The summed E-state index contributed by atoms with van der Waals surface area (Å²) in [5.74, 6) is 1.54. The summed E-state index contributed by atoms with van der Waals surface area (Å²) >= 11 is 6.54. The minimum atomic E-state index is -0.216. The molecule has 27 heavy (non-hydrogen) atoms. The Morgan fingerprint density at radius 1 is 1.15 bits per heavy atom. The van der Waals surface area contributed by atoms with Gasteiger partial charge >= 0.3 is 0 Å². The van der Waals surface area contributed by atoms with Crippen molar-refractivity contribution in [1.29, 1.82) is 0 Å². The molecule has 3 rings (SSSR count). The first-order valence-electron chi connectivity index (χ1n) is 9.39. The highest BCUT2D eigenvalue weighted by atomic mass is 35.5. The van der Waals surface area contributed by atoms with Crippen LogP contribution in [0, 0.1) is 0 Å². The quantitative estimate of drug-likeness (QED) is 0.698. The highest BCUT2D eigenvalue weighted by molar-refractivity contribution is 6.31. The van der Waals surface area contributed by atoms with Crippen molar-refractivity contribution in [1.82, 2.24) is 4.90 Å². The number of methoxy groups -OCH3 is 2. The van der Waals surface area contributed by atoms with Crippen LogP contribution >= 0.6 is 11.6 Å². The van der Waals surface area contributed by atoms with Crippen LogP contribution in [0.1, 0.15) is 48.9 Å². The molecule has 0 N–H and O–H groups in total. The molecule has 0 radical (unpaired) electrons. The number of hydrogen-bond acceptors (Lipinski definition) is 3. The normalized spacial score (nSPS) is 16.0. The van der Waals surface area contributed by atoms with Gasteiger partial charge in [-0.1, -0.05) is 43.1 Å². The van der Waals surface area contributed by atoms with E-state index in [1.165, 1.54) is 0 Å². The number of rotatable bonds is 6. The van der Waals surface area contributed by atoms with E-state index in [0.717, 1.165) is 36.0 Å². The second kappa shape index (κ2) is 8.66. The molecule has 144 valence electrons. The highest BCUT2D eigenvalue weighted by Gasteiger charge is 2.34. The van der Waals surface area contributed by atoms with Crippen LogP contribution in [-0.4, -0.2) is 31.6 Å². The molecule has 0 unspecified atom stereocenters. The van der Waals surface area contributed by atoms with Crippen molar-refractivity contribution in [3.05, 3.63) is 58.1 Å². The average Bonchev–Trinajstić information content (AvgIpc) is 2.70. The third-order valence-electron chi connectivity index (χ3n) is 5.14. The summed E-state index contributed by atoms with van der Waals surface area (Å²) in [5, 5.41) is 0.665. The molecule has 4 nitrogen and oxygen atoms in total. The van der Waals surface area contributed by atoms with Crippen molar-refractivity contribution in [3.63, 3.8) is 0 Å². The lowest BCUT2D eigenvalue weighted by Gasteiger charge is -2.38. The molecule has 1 atom stereocenters. The number of unbranched alkanes of at least 4 members (excludes halogenated alkanes) is 1. The topological polar surface area (TPSA) is 38.8 Å². The molecule has 1 amide bonds. The second-order valence-corrected chi connectivity index (χ2v) is 7.18. The predicted molar refractivity (Wildman–Crippen MR) is 108 cm³/mol. The minimum Gasteiger partial charge on any atom is -0.493 e. The summed E-state index contributed by atoms with van der Waals surface area (Å²) in [7, 11) is 3.26. The van der Waals surface area contributed by atoms with Gasteiger partial charge in [-0.15, -0.1) is 0 Å². The monoisotopic (exact) mass is 387 g/mol. The van der Waals surface area contributed by atoms with E-state index < -0.39 is 0 Å². The first-order valence-corrected chi connectivity index (χ1v) is 9.77. The summed E-state index contributed by atoms with van der Waals surface area (Å²) in [6.07, 6.45) is 3.23. The Kier molecular flexibility index (Phi) is 6.27. The summed E-state index contributed by atoms with van der Waals surface area (Å²) in [5.41, 5.74) is 3.16. The largest absolute Gasteiger partial charge is 0.493 e. The first-order chi connectivity index (χ1) is 13.1. The van der Waals surface area contributed by atoms with E-state index >= 15 is 0 Å². The number of fused-ring (bicyclic) bond motifs is 1. The molecule has 0 spiro atoms. The van der Waals surface area contributed by atoms with Gasteiger partial charge in [0.15, 0.2) is 11.5 Å². The fraction of sp³-hybridized carbons (Fsp3) is 0.409. The third-order valence-corrected chi connectivity index (χ3v) is 5.48. The Labute approximate surface area is 166 Å². The van der Waals surface area contributed by atoms with Crippen molar-refractivity contribution < 1.29 is 14.3 Å². The maximum atomic E-state index is 13.0. The van der Waals surface area contributed by atoms with Gasteiger partial charge in [-0.25, -0.2) is 0 Å². The Balaban J connectivity index is 2.12. The molecule has 2 aromatic rings. The van der Waals surface area contributed by atoms with Crippen molar-refractivity contribution in [3.8, 4) is 11.5 Å². The molecule has 0 aromatic heterocycles. The molecule has 0 saturated carbocycles. The lowest BCUT2D eigenvalue weighted by molar-refractivity contribution is -0.133. The number of ether oxygens (including phenoxy) is 2. The van der Waals surface area contributed by atoms with Gasteiger partial charge in [0.25, 0.3) is 0 Å². The molecule has 0 aliphatic carbocycles. The van der Waals surface area contributed by atoms with Gasteiger partial charge in [-0.3, -0.25) is 4.79 Å². The number of benzene rings is 2. The van der Waals surface area contributed by atoms with E-state index in [2.05, 4.69) is 6.92 Å². The van der Waals surface area contributed by atoms with E-state index in [-0.39, 0.29) is 11.9 Å². The molecule has 2 aromatic carbocycles. The summed E-state index contributed by atoms with van der Waals surface area (Å²) in [4.78, 5) is 14.9. The fourth-order valence-corrected chi connectivity index (χ4v) is 3.96. The summed E-state index contributed by atoms with van der Waals surface area (Å²) in [6.45, 7) is 2.77. The third kappa shape index (κ3) is 3.91. The van der Waals surface area contributed by atoms with Crippen LogP contribution in [-0.2, 0) is 11.2 Å². The zero-order chi connectivity index (χ0) is 19.4. The van der Waals surface area contributed by atoms with Crippen molar-refractivity contribution >= 4 is 17.5 Å². The molecule has 0 bridgehead atoms. The smallest absolute Gasteiger partial charge is 0.223 e. The van der Waals surface area contributed by atoms with Gasteiger partial charge in [0.05, 0.1) is 20.3 Å². The van der Waals surface area contributed by atoms with Crippen LogP contribution < -0.4 is 9.47 Å². The summed E-state index contributed by atoms with van der Waals surface area (Å²) in [6, 6.07) is 11.5. The van der Waals surface area contributed by atoms with Crippen LogP contribution in [0.2, 0.25) is 5.02 Å². The molecule has 0 fully saturated rings. The zero-order valence-electron chi connectivity index (χ0n) is 16.1. The molecular formula is C22H26ClNO3. The number of hydrogen-bond donors (Lipinski definition) is 0. The minimum absolute atomic E-state index is 0.169. The van der Waals surface area contributed by atoms with Gasteiger partial charge in [0.1, 0.15) is 0 Å². The Hall–Kier alpha value is -2.20. The van der Waals surface area contributed by atoms with Gasteiger partial charge in [0.2, 0.25) is 5.91 Å². The van der Waals surface area contributed by atoms with Gasteiger partial charge in [-0.2, -0.15) is 0 Å². The van der Waals surface area contributed by atoms with Crippen molar-refractivity contribution in [2.45, 2.75) is 38.6 Å². The van der Waals surface area contributed by atoms with Gasteiger partial charge in [0, 0.05) is 18.0 Å². The summed E-state index contributed by atoms with van der Waals surface area (Å²) < 4.78 is 11.0. The molecule has 1 heterocycles. The number of carbonyl (C=O) groups is 1. The van der Waals surface area contributed by atoms with Crippen molar-refractivity contribution in [2.75, 3.05) is 20.8 Å². The van der Waals surface area contributed by atoms with Gasteiger partial charge < -0.3 is 14.4 Å². The standard InChI is InChI=1S/C22H26ClNO3/c1-4-5-10-21(25)24-12-11-15-13-19(26-2)20(27-3)14-17(15)22(24)16-8-6-7-9-18(16)23/h6-9,13-14,22H,4-5,10-12H2,1-3H3/t22-/m1/s1.